The quantitative estimate of drug-likeness (QED) is 0.408. The number of carbonyl (C=O) groups excluding carboxylic acids is 2. The Bertz CT molecular complexity index is 1270. The molecule has 206 valence electrons. The van der Waals surface area contributed by atoms with Crippen molar-refractivity contribution in [2.75, 3.05) is 40.4 Å². The van der Waals surface area contributed by atoms with Crippen LogP contribution >= 0.6 is 0 Å². The van der Waals surface area contributed by atoms with Crippen LogP contribution in [0.2, 0.25) is 0 Å². The van der Waals surface area contributed by atoms with Gasteiger partial charge in [-0.05, 0) is 41.8 Å². The van der Waals surface area contributed by atoms with Gasteiger partial charge in [-0.1, -0.05) is 24.3 Å². The molecule has 0 spiro atoms. The zero-order valence-electron chi connectivity index (χ0n) is 22.9. The number of rotatable bonds is 10. The highest BCUT2D eigenvalue weighted by molar-refractivity contribution is 5.98. The van der Waals surface area contributed by atoms with Crippen LogP contribution in [0.4, 0.5) is 5.69 Å². The lowest BCUT2D eigenvalue weighted by atomic mass is 9.83. The van der Waals surface area contributed by atoms with Gasteiger partial charge in [-0.2, -0.15) is 0 Å². The van der Waals surface area contributed by atoms with Crippen LogP contribution in [-0.4, -0.2) is 47.4 Å². The van der Waals surface area contributed by atoms with Crippen LogP contribution in [0.5, 0.6) is 28.7 Å². The van der Waals surface area contributed by atoms with Gasteiger partial charge in [-0.15, -0.1) is 0 Å². The molecular weight excluding hydrogens is 500 g/mol. The fourth-order valence-electron chi connectivity index (χ4n) is 4.92. The number of nitrogens with one attached hydrogen (secondary N) is 1. The predicted octanol–water partition coefficient (Wildman–Crippen LogP) is 4.53. The zero-order valence-corrected chi connectivity index (χ0v) is 22.9. The van der Waals surface area contributed by atoms with Gasteiger partial charge in [-0.3, -0.25) is 9.59 Å². The van der Waals surface area contributed by atoms with Crippen LogP contribution in [-0.2, 0) is 16.1 Å². The van der Waals surface area contributed by atoms with Gasteiger partial charge in [0.2, 0.25) is 17.6 Å². The maximum atomic E-state index is 13.7. The van der Waals surface area contributed by atoms with E-state index in [-0.39, 0.29) is 18.2 Å². The highest BCUT2D eigenvalue weighted by Crippen LogP contribution is 2.46. The summed E-state index contributed by atoms with van der Waals surface area (Å²) in [5.74, 6) is 1.92. The number of benzene rings is 3. The van der Waals surface area contributed by atoms with E-state index in [0.717, 1.165) is 16.9 Å². The van der Waals surface area contributed by atoms with Gasteiger partial charge in [0, 0.05) is 25.1 Å². The van der Waals surface area contributed by atoms with Crippen molar-refractivity contribution in [2.24, 2.45) is 5.92 Å². The highest BCUT2D eigenvalue weighted by Gasteiger charge is 2.42. The first kappa shape index (κ1) is 27.6. The molecule has 39 heavy (non-hydrogen) atoms. The number of anilines is 1. The monoisotopic (exact) mass is 534 g/mol. The molecule has 0 bridgehead atoms. The number of hydrogen-bond acceptors (Lipinski definition) is 7. The Kier molecular flexibility index (Phi) is 8.81. The van der Waals surface area contributed by atoms with Crippen LogP contribution in [0.3, 0.4) is 0 Å². The van der Waals surface area contributed by atoms with E-state index in [1.54, 1.807) is 31.3 Å². The third-order valence-corrected chi connectivity index (χ3v) is 6.94. The molecule has 1 aliphatic heterocycles. The number of piperidine rings is 1. The lowest BCUT2D eigenvalue weighted by molar-refractivity contribution is -0.129. The Morgan fingerprint density at radius 2 is 1.38 bits per heavy atom. The van der Waals surface area contributed by atoms with Crippen molar-refractivity contribution < 1.29 is 33.3 Å². The minimum atomic E-state index is -0.573. The number of carbonyl (C=O) groups is 2. The van der Waals surface area contributed by atoms with E-state index in [0.29, 0.717) is 41.7 Å². The summed E-state index contributed by atoms with van der Waals surface area (Å²) in [6, 6.07) is 17.8. The van der Waals surface area contributed by atoms with E-state index in [4.69, 9.17) is 23.7 Å². The fourth-order valence-corrected chi connectivity index (χ4v) is 4.92. The van der Waals surface area contributed by atoms with Crippen LogP contribution in [0.25, 0.3) is 0 Å². The summed E-state index contributed by atoms with van der Waals surface area (Å²) < 4.78 is 27.1. The van der Waals surface area contributed by atoms with E-state index in [1.165, 1.54) is 21.3 Å². The lowest BCUT2D eigenvalue weighted by Crippen LogP contribution is -2.48. The molecule has 1 saturated heterocycles. The fraction of sp³-hybridized carbons (Fsp3) is 0.333. The first-order valence-electron chi connectivity index (χ1n) is 12.6. The van der Waals surface area contributed by atoms with Crippen molar-refractivity contribution in [3.05, 3.63) is 71.8 Å². The Morgan fingerprint density at radius 3 is 1.90 bits per heavy atom. The Hall–Kier alpha value is -4.40. The van der Waals surface area contributed by atoms with Gasteiger partial charge in [0.1, 0.15) is 11.5 Å². The molecule has 1 aliphatic rings. The Labute approximate surface area is 228 Å². The molecule has 1 N–H and O–H groups in total. The Balaban J connectivity index is 1.72. The van der Waals surface area contributed by atoms with Crippen molar-refractivity contribution in [2.45, 2.75) is 25.4 Å². The summed E-state index contributed by atoms with van der Waals surface area (Å²) in [4.78, 5) is 28.8. The van der Waals surface area contributed by atoms with Gasteiger partial charge in [-0.25, -0.2) is 0 Å². The SMILES string of the molecule is COc1ccc(CNC(=O)[C@H]2CCC(=O)N(c3cc(OC)c(OC)c(OC)c3)[C@H]2c2ccc(OC)cc2)cc1. The molecule has 3 aromatic rings. The van der Waals surface area contributed by atoms with Crippen LogP contribution in [0.1, 0.15) is 30.0 Å². The number of methoxy groups -OCH3 is 5. The molecular formula is C30H34N2O7. The summed E-state index contributed by atoms with van der Waals surface area (Å²) in [7, 11) is 7.78. The van der Waals surface area contributed by atoms with Crippen LogP contribution < -0.4 is 33.9 Å². The normalized spacial score (nSPS) is 16.8. The molecule has 9 heteroatoms. The first-order valence-corrected chi connectivity index (χ1v) is 12.6. The smallest absolute Gasteiger partial charge is 0.227 e. The molecule has 0 unspecified atom stereocenters. The highest BCUT2D eigenvalue weighted by atomic mass is 16.5. The molecule has 0 aliphatic carbocycles. The summed E-state index contributed by atoms with van der Waals surface area (Å²) >= 11 is 0. The van der Waals surface area contributed by atoms with E-state index in [9.17, 15) is 9.59 Å². The summed E-state index contributed by atoms with van der Waals surface area (Å²) in [5.41, 5.74) is 2.30. The van der Waals surface area contributed by atoms with Crippen molar-refractivity contribution in [1.29, 1.82) is 0 Å². The van der Waals surface area contributed by atoms with Gasteiger partial charge >= 0.3 is 0 Å². The van der Waals surface area contributed by atoms with E-state index in [1.807, 2.05) is 48.5 Å². The third-order valence-electron chi connectivity index (χ3n) is 6.94. The van der Waals surface area contributed by atoms with E-state index >= 15 is 0 Å². The topological polar surface area (TPSA) is 95.6 Å². The van der Waals surface area contributed by atoms with Crippen molar-refractivity contribution >= 4 is 17.5 Å². The van der Waals surface area contributed by atoms with Crippen LogP contribution in [0, 0.1) is 5.92 Å². The molecule has 0 aromatic heterocycles. The minimum absolute atomic E-state index is 0.107. The van der Waals surface area contributed by atoms with Crippen molar-refractivity contribution in [1.82, 2.24) is 5.32 Å². The molecule has 2 amide bonds. The second kappa shape index (κ2) is 12.4. The van der Waals surface area contributed by atoms with Gasteiger partial charge < -0.3 is 33.9 Å². The number of nitrogens with zero attached hydrogens (tertiary/aromatic N) is 1. The molecule has 0 radical (unpaired) electrons. The van der Waals surface area contributed by atoms with Crippen molar-refractivity contribution in [3.8, 4) is 28.7 Å². The van der Waals surface area contributed by atoms with Gasteiger partial charge in [0.05, 0.1) is 53.2 Å². The van der Waals surface area contributed by atoms with Crippen LogP contribution in [0.15, 0.2) is 60.7 Å². The second-order valence-corrected chi connectivity index (χ2v) is 9.08. The minimum Gasteiger partial charge on any atom is -0.497 e. The van der Waals surface area contributed by atoms with E-state index < -0.39 is 12.0 Å². The maximum absolute atomic E-state index is 13.7. The first-order chi connectivity index (χ1) is 18.9. The zero-order chi connectivity index (χ0) is 27.9. The van der Waals surface area contributed by atoms with Crippen molar-refractivity contribution in [3.63, 3.8) is 0 Å². The average Bonchev–Trinajstić information content (AvgIpc) is 2.99. The number of amides is 2. The second-order valence-electron chi connectivity index (χ2n) is 9.08. The van der Waals surface area contributed by atoms with Gasteiger partial charge in [0.15, 0.2) is 11.5 Å². The molecule has 1 fully saturated rings. The largest absolute Gasteiger partial charge is 0.497 e. The summed E-state index contributed by atoms with van der Waals surface area (Å²) in [6.45, 7) is 0.354. The van der Waals surface area contributed by atoms with Gasteiger partial charge in [0.25, 0.3) is 0 Å². The summed E-state index contributed by atoms with van der Waals surface area (Å²) in [5, 5.41) is 3.07. The Morgan fingerprint density at radius 1 is 0.821 bits per heavy atom. The third kappa shape index (κ3) is 5.87. The molecule has 3 aromatic carbocycles. The summed E-state index contributed by atoms with van der Waals surface area (Å²) in [6.07, 6.45) is 0.620. The van der Waals surface area contributed by atoms with E-state index in [2.05, 4.69) is 5.32 Å². The maximum Gasteiger partial charge on any atom is 0.227 e. The average molecular weight is 535 g/mol. The number of ether oxygens (including phenoxy) is 5. The molecule has 9 nitrogen and oxygen atoms in total. The molecule has 2 atom stereocenters. The standard InChI is InChI=1S/C30H34N2O7/c1-35-22-10-6-19(7-11-22)18-31-30(34)24-14-15-27(33)32(28(24)20-8-12-23(36-2)13-9-20)21-16-25(37-3)29(39-5)26(17-21)38-4/h6-13,16-17,24,28H,14-15,18H2,1-5H3,(H,31,34)/t24-,28-/m0/s1. The number of hydrogen-bond donors (Lipinski definition) is 1. The molecule has 0 saturated carbocycles. The lowest BCUT2D eigenvalue weighted by Gasteiger charge is -2.41. The molecule has 1 heterocycles. The predicted molar refractivity (Wildman–Crippen MR) is 147 cm³/mol. The molecule has 4 rings (SSSR count).